The van der Waals surface area contributed by atoms with Crippen molar-refractivity contribution in [3.63, 3.8) is 0 Å². The Morgan fingerprint density at radius 3 is 2.48 bits per heavy atom. The minimum atomic E-state index is -0.153. The van der Waals surface area contributed by atoms with Crippen LogP contribution in [0.2, 0.25) is 10.0 Å². The maximum absolute atomic E-state index is 12.7. The molecule has 1 fully saturated rings. The molecular formula is C20H20Cl2N2O3. The summed E-state index contributed by atoms with van der Waals surface area (Å²) in [5.74, 6) is 0.270. The molecule has 0 saturated carbocycles. The van der Waals surface area contributed by atoms with Crippen LogP contribution in [0.15, 0.2) is 42.5 Å². The minimum Gasteiger partial charge on any atom is -0.495 e. The maximum atomic E-state index is 12.7. The number of carbonyl (C=O) groups excluding carboxylic acids is 2. The normalized spacial score (nSPS) is 14.7. The molecule has 1 N–H and O–H groups in total. The third-order valence-corrected chi connectivity index (χ3v) is 5.23. The lowest BCUT2D eigenvalue weighted by atomic mass is 9.95. The van der Waals surface area contributed by atoms with E-state index >= 15 is 0 Å². The van der Waals surface area contributed by atoms with E-state index in [-0.39, 0.29) is 17.7 Å². The van der Waals surface area contributed by atoms with Gasteiger partial charge in [-0.2, -0.15) is 0 Å². The van der Waals surface area contributed by atoms with Gasteiger partial charge in [-0.25, -0.2) is 0 Å². The van der Waals surface area contributed by atoms with Gasteiger partial charge in [0.25, 0.3) is 5.91 Å². The molecule has 3 rings (SSSR count). The number of amides is 2. The van der Waals surface area contributed by atoms with Crippen molar-refractivity contribution in [2.24, 2.45) is 5.92 Å². The van der Waals surface area contributed by atoms with Gasteiger partial charge < -0.3 is 15.0 Å². The van der Waals surface area contributed by atoms with Crippen molar-refractivity contribution in [3.8, 4) is 5.75 Å². The van der Waals surface area contributed by atoms with Gasteiger partial charge in [0.15, 0.2) is 0 Å². The molecule has 5 nitrogen and oxygen atoms in total. The zero-order valence-corrected chi connectivity index (χ0v) is 16.4. The lowest BCUT2D eigenvalue weighted by Crippen LogP contribution is -2.41. The second kappa shape index (κ2) is 8.63. The molecule has 0 atom stereocenters. The van der Waals surface area contributed by atoms with Crippen LogP contribution in [0.25, 0.3) is 0 Å². The second-order valence-corrected chi connectivity index (χ2v) is 7.22. The van der Waals surface area contributed by atoms with Crippen LogP contribution in [-0.2, 0) is 4.79 Å². The van der Waals surface area contributed by atoms with Gasteiger partial charge in [0, 0.05) is 24.0 Å². The van der Waals surface area contributed by atoms with E-state index in [1.54, 1.807) is 42.3 Å². The Balaban J connectivity index is 1.59. The summed E-state index contributed by atoms with van der Waals surface area (Å²) < 4.78 is 5.26. The first-order chi connectivity index (χ1) is 13.0. The van der Waals surface area contributed by atoms with Crippen molar-refractivity contribution in [3.05, 3.63) is 58.1 Å². The average Bonchev–Trinajstić information content (AvgIpc) is 2.68. The molecule has 2 aromatic rings. The number of piperidine rings is 1. The molecule has 1 heterocycles. The molecule has 7 heteroatoms. The molecule has 2 aromatic carbocycles. The number of nitrogens with zero attached hydrogens (tertiary/aromatic N) is 1. The third-order valence-electron chi connectivity index (χ3n) is 4.68. The van der Waals surface area contributed by atoms with E-state index in [9.17, 15) is 9.59 Å². The van der Waals surface area contributed by atoms with Crippen LogP contribution in [0.3, 0.4) is 0 Å². The van der Waals surface area contributed by atoms with Gasteiger partial charge >= 0.3 is 0 Å². The van der Waals surface area contributed by atoms with Crippen molar-refractivity contribution in [1.82, 2.24) is 4.90 Å². The Labute approximate surface area is 168 Å². The lowest BCUT2D eigenvalue weighted by molar-refractivity contribution is -0.121. The summed E-state index contributed by atoms with van der Waals surface area (Å²) in [5.41, 5.74) is 1.08. The molecule has 1 aliphatic rings. The van der Waals surface area contributed by atoms with Crippen molar-refractivity contribution in [2.75, 3.05) is 25.5 Å². The number of benzene rings is 2. The van der Waals surface area contributed by atoms with E-state index < -0.39 is 0 Å². The molecule has 0 bridgehead atoms. The van der Waals surface area contributed by atoms with Gasteiger partial charge in [0.05, 0.1) is 23.4 Å². The van der Waals surface area contributed by atoms with Gasteiger partial charge in [-0.15, -0.1) is 0 Å². The maximum Gasteiger partial charge on any atom is 0.255 e. The molecule has 1 saturated heterocycles. The van der Waals surface area contributed by atoms with Gasteiger partial charge in [-0.3, -0.25) is 9.59 Å². The average molecular weight is 407 g/mol. The Morgan fingerprint density at radius 1 is 1.11 bits per heavy atom. The highest BCUT2D eigenvalue weighted by Gasteiger charge is 2.29. The van der Waals surface area contributed by atoms with E-state index in [0.717, 1.165) is 0 Å². The van der Waals surface area contributed by atoms with E-state index in [2.05, 4.69) is 5.32 Å². The predicted octanol–water partition coefficient (Wildman–Crippen LogP) is 4.49. The summed E-state index contributed by atoms with van der Waals surface area (Å²) in [6, 6.07) is 12.1. The summed E-state index contributed by atoms with van der Waals surface area (Å²) >= 11 is 12.0. The molecule has 0 spiro atoms. The molecule has 142 valence electrons. The Kier molecular flexibility index (Phi) is 6.24. The number of halogens is 2. The Morgan fingerprint density at radius 2 is 1.81 bits per heavy atom. The van der Waals surface area contributed by atoms with Crippen LogP contribution in [0.5, 0.6) is 5.75 Å². The van der Waals surface area contributed by atoms with Gasteiger partial charge in [0.2, 0.25) is 5.91 Å². The third kappa shape index (κ3) is 4.54. The fourth-order valence-electron chi connectivity index (χ4n) is 3.16. The first-order valence-electron chi connectivity index (χ1n) is 8.68. The molecule has 0 radical (unpaired) electrons. The van der Waals surface area contributed by atoms with E-state index in [1.807, 2.05) is 12.1 Å². The monoisotopic (exact) mass is 406 g/mol. The lowest BCUT2D eigenvalue weighted by Gasteiger charge is -2.31. The van der Waals surface area contributed by atoms with E-state index in [0.29, 0.717) is 53.0 Å². The molecule has 0 aliphatic carbocycles. The minimum absolute atomic E-state index is 0.0591. The molecule has 1 aliphatic heterocycles. The number of likely N-dealkylation sites (tertiary alicyclic amines) is 1. The summed E-state index contributed by atoms with van der Waals surface area (Å²) in [6.45, 7) is 1.00. The quantitative estimate of drug-likeness (QED) is 0.813. The van der Waals surface area contributed by atoms with E-state index in [1.165, 1.54) is 0 Å². The first kappa shape index (κ1) is 19.5. The fraction of sp³-hybridized carbons (Fsp3) is 0.300. The topological polar surface area (TPSA) is 58.6 Å². The first-order valence-corrected chi connectivity index (χ1v) is 9.43. The van der Waals surface area contributed by atoms with Crippen molar-refractivity contribution in [1.29, 1.82) is 0 Å². The predicted molar refractivity (Wildman–Crippen MR) is 107 cm³/mol. The van der Waals surface area contributed by atoms with Crippen LogP contribution in [0, 0.1) is 5.92 Å². The SMILES string of the molecule is COc1ccccc1NC(=O)C1CCN(C(=O)c2ccc(Cl)cc2Cl)CC1. The molecule has 0 aromatic heterocycles. The Hall–Kier alpha value is -2.24. The van der Waals surface area contributed by atoms with Crippen LogP contribution >= 0.6 is 23.2 Å². The smallest absolute Gasteiger partial charge is 0.255 e. The number of hydrogen-bond donors (Lipinski definition) is 1. The second-order valence-electron chi connectivity index (χ2n) is 6.38. The summed E-state index contributed by atoms with van der Waals surface area (Å²) in [6.07, 6.45) is 1.19. The number of ether oxygens (including phenoxy) is 1. The summed E-state index contributed by atoms with van der Waals surface area (Å²) in [7, 11) is 1.57. The molecule has 27 heavy (non-hydrogen) atoms. The van der Waals surface area contributed by atoms with Gasteiger partial charge in [-0.1, -0.05) is 35.3 Å². The van der Waals surface area contributed by atoms with Crippen LogP contribution in [0.1, 0.15) is 23.2 Å². The number of nitrogens with one attached hydrogen (secondary N) is 1. The number of para-hydroxylation sites is 2. The van der Waals surface area contributed by atoms with Crippen molar-refractivity contribution < 1.29 is 14.3 Å². The van der Waals surface area contributed by atoms with Crippen LogP contribution in [-0.4, -0.2) is 36.9 Å². The Bertz CT molecular complexity index is 849. The number of anilines is 1. The highest BCUT2D eigenvalue weighted by Crippen LogP contribution is 2.27. The van der Waals surface area contributed by atoms with Crippen LogP contribution < -0.4 is 10.1 Å². The van der Waals surface area contributed by atoms with Gasteiger partial charge in [-0.05, 0) is 43.2 Å². The largest absolute Gasteiger partial charge is 0.495 e. The summed E-state index contributed by atoms with van der Waals surface area (Å²) in [5, 5.41) is 3.74. The molecular weight excluding hydrogens is 387 g/mol. The zero-order chi connectivity index (χ0) is 19.4. The zero-order valence-electron chi connectivity index (χ0n) is 14.9. The number of carbonyl (C=O) groups is 2. The highest BCUT2D eigenvalue weighted by molar-refractivity contribution is 6.36. The standard InChI is InChI=1S/C20H20Cl2N2O3/c1-27-18-5-3-2-4-17(18)23-19(25)13-8-10-24(11-9-13)20(26)15-7-6-14(21)12-16(15)22/h2-7,12-13H,8-11H2,1H3,(H,23,25). The summed E-state index contributed by atoms with van der Waals surface area (Å²) in [4.78, 5) is 27.0. The number of hydrogen-bond acceptors (Lipinski definition) is 3. The number of rotatable bonds is 4. The molecule has 2 amide bonds. The van der Waals surface area contributed by atoms with E-state index in [4.69, 9.17) is 27.9 Å². The van der Waals surface area contributed by atoms with Crippen molar-refractivity contribution in [2.45, 2.75) is 12.8 Å². The van der Waals surface area contributed by atoms with Crippen molar-refractivity contribution >= 4 is 40.7 Å². The van der Waals surface area contributed by atoms with Gasteiger partial charge in [0.1, 0.15) is 5.75 Å². The van der Waals surface area contributed by atoms with Crippen LogP contribution in [0.4, 0.5) is 5.69 Å². The number of methoxy groups -OCH3 is 1. The highest BCUT2D eigenvalue weighted by atomic mass is 35.5. The molecule has 0 unspecified atom stereocenters. The fourth-order valence-corrected chi connectivity index (χ4v) is 3.65.